The molecule has 0 bridgehead atoms. The summed E-state index contributed by atoms with van der Waals surface area (Å²) in [5.74, 6) is 0.548. The summed E-state index contributed by atoms with van der Waals surface area (Å²) in [7, 11) is 0. The fraction of sp³-hybridized carbons (Fsp3) is 0.235. The van der Waals surface area contributed by atoms with E-state index in [0.29, 0.717) is 23.7 Å². The Hall–Kier alpha value is -2.36. The predicted octanol–water partition coefficient (Wildman–Crippen LogP) is 3.42. The van der Waals surface area contributed by atoms with Crippen molar-refractivity contribution in [3.05, 3.63) is 59.9 Å². The molecule has 0 aliphatic carbocycles. The standard InChI is InChI=1S/C17H17FO3/c1-2-20-16-9-5-6-10-17(16)21-12-14(19)11-13-7-3-4-8-15(13)18/h3-10H,2,11-12H2,1H3. The van der Waals surface area contributed by atoms with Crippen molar-refractivity contribution in [2.75, 3.05) is 13.2 Å². The van der Waals surface area contributed by atoms with Crippen LogP contribution in [0.15, 0.2) is 48.5 Å². The van der Waals surface area contributed by atoms with Crippen LogP contribution in [0.4, 0.5) is 4.39 Å². The van der Waals surface area contributed by atoms with Gasteiger partial charge in [-0.3, -0.25) is 4.79 Å². The Morgan fingerprint density at radius 1 is 1.00 bits per heavy atom. The molecule has 0 aliphatic rings. The normalized spacial score (nSPS) is 10.2. The molecule has 0 aliphatic heterocycles. The first-order valence-electron chi connectivity index (χ1n) is 6.80. The Bertz CT molecular complexity index is 610. The van der Waals surface area contributed by atoms with E-state index in [0.717, 1.165) is 0 Å². The van der Waals surface area contributed by atoms with Crippen LogP contribution in [0.5, 0.6) is 11.5 Å². The fourth-order valence-electron chi connectivity index (χ4n) is 1.91. The van der Waals surface area contributed by atoms with Gasteiger partial charge in [0.05, 0.1) is 6.61 Å². The first-order valence-corrected chi connectivity index (χ1v) is 6.80. The molecule has 4 heteroatoms. The Morgan fingerprint density at radius 2 is 1.62 bits per heavy atom. The van der Waals surface area contributed by atoms with Crippen molar-refractivity contribution < 1.29 is 18.7 Å². The molecule has 0 saturated carbocycles. The molecule has 0 unspecified atom stereocenters. The largest absolute Gasteiger partial charge is 0.490 e. The summed E-state index contributed by atoms with van der Waals surface area (Å²) in [5, 5.41) is 0. The third-order valence-corrected chi connectivity index (χ3v) is 2.88. The molecule has 2 rings (SSSR count). The maximum Gasteiger partial charge on any atom is 0.174 e. The van der Waals surface area contributed by atoms with Crippen molar-refractivity contribution in [2.24, 2.45) is 0 Å². The number of halogens is 1. The smallest absolute Gasteiger partial charge is 0.174 e. The molecule has 0 amide bonds. The summed E-state index contributed by atoms with van der Waals surface area (Å²) in [4.78, 5) is 11.9. The van der Waals surface area contributed by atoms with Crippen LogP contribution in [-0.2, 0) is 11.2 Å². The highest BCUT2D eigenvalue weighted by atomic mass is 19.1. The van der Waals surface area contributed by atoms with Gasteiger partial charge in [-0.25, -0.2) is 4.39 Å². The lowest BCUT2D eigenvalue weighted by Crippen LogP contribution is -2.15. The van der Waals surface area contributed by atoms with Crippen LogP contribution in [0, 0.1) is 5.82 Å². The van der Waals surface area contributed by atoms with Crippen LogP contribution in [0.1, 0.15) is 12.5 Å². The van der Waals surface area contributed by atoms with E-state index < -0.39 is 0 Å². The van der Waals surface area contributed by atoms with Gasteiger partial charge < -0.3 is 9.47 Å². The highest BCUT2D eigenvalue weighted by Crippen LogP contribution is 2.26. The minimum absolute atomic E-state index is 0.0173. The van der Waals surface area contributed by atoms with Crippen LogP contribution >= 0.6 is 0 Å². The minimum Gasteiger partial charge on any atom is -0.490 e. The van der Waals surface area contributed by atoms with E-state index in [2.05, 4.69) is 0 Å². The molecule has 3 nitrogen and oxygen atoms in total. The van der Waals surface area contributed by atoms with Gasteiger partial charge in [0.2, 0.25) is 0 Å². The van der Waals surface area contributed by atoms with Crippen LogP contribution in [0.2, 0.25) is 0 Å². The van der Waals surface area contributed by atoms with Gasteiger partial charge >= 0.3 is 0 Å². The average Bonchev–Trinajstić information content (AvgIpc) is 2.49. The Balaban J connectivity index is 1.94. The topological polar surface area (TPSA) is 35.5 Å². The van der Waals surface area contributed by atoms with Crippen molar-refractivity contribution in [1.29, 1.82) is 0 Å². The number of ether oxygens (including phenoxy) is 2. The average molecular weight is 288 g/mol. The van der Waals surface area contributed by atoms with E-state index in [1.165, 1.54) is 6.07 Å². The molecule has 0 atom stereocenters. The van der Waals surface area contributed by atoms with Crippen molar-refractivity contribution in [3.63, 3.8) is 0 Å². The van der Waals surface area contributed by atoms with Gasteiger partial charge in [0.1, 0.15) is 12.4 Å². The summed E-state index contributed by atoms with van der Waals surface area (Å²) in [6, 6.07) is 13.4. The van der Waals surface area contributed by atoms with Gasteiger partial charge in [-0.2, -0.15) is 0 Å². The van der Waals surface area contributed by atoms with Gasteiger partial charge in [0, 0.05) is 6.42 Å². The van der Waals surface area contributed by atoms with Crippen LogP contribution in [0.3, 0.4) is 0 Å². The summed E-state index contributed by atoms with van der Waals surface area (Å²) in [6.07, 6.45) is 0.0173. The summed E-state index contributed by atoms with van der Waals surface area (Å²) in [5.41, 5.74) is 0.379. The van der Waals surface area contributed by atoms with Crippen molar-refractivity contribution in [2.45, 2.75) is 13.3 Å². The molecule has 2 aromatic carbocycles. The molecule has 21 heavy (non-hydrogen) atoms. The maximum atomic E-state index is 13.5. The Labute approximate surface area is 123 Å². The SMILES string of the molecule is CCOc1ccccc1OCC(=O)Cc1ccccc1F. The highest BCUT2D eigenvalue weighted by Gasteiger charge is 2.10. The zero-order chi connectivity index (χ0) is 15.1. The molecule has 110 valence electrons. The second kappa shape index (κ2) is 7.43. The first kappa shape index (κ1) is 15.0. The number of hydrogen-bond acceptors (Lipinski definition) is 3. The number of benzene rings is 2. The molecule has 0 heterocycles. The van der Waals surface area contributed by atoms with E-state index in [-0.39, 0.29) is 24.6 Å². The van der Waals surface area contributed by atoms with Gasteiger partial charge in [0.25, 0.3) is 0 Å². The molecular weight excluding hydrogens is 271 g/mol. The third-order valence-electron chi connectivity index (χ3n) is 2.88. The second-order valence-corrected chi connectivity index (χ2v) is 4.48. The lowest BCUT2D eigenvalue weighted by Gasteiger charge is -2.11. The van der Waals surface area contributed by atoms with E-state index in [1.54, 1.807) is 36.4 Å². The fourth-order valence-corrected chi connectivity index (χ4v) is 1.91. The summed E-state index contributed by atoms with van der Waals surface area (Å²) in [6.45, 7) is 2.28. The second-order valence-electron chi connectivity index (χ2n) is 4.48. The Kier molecular flexibility index (Phi) is 5.32. The molecule has 0 radical (unpaired) electrons. The lowest BCUT2D eigenvalue weighted by atomic mass is 10.1. The predicted molar refractivity (Wildman–Crippen MR) is 78.2 cm³/mol. The molecule has 0 spiro atoms. The number of ketones is 1. The van der Waals surface area contributed by atoms with Gasteiger partial charge in [-0.1, -0.05) is 30.3 Å². The van der Waals surface area contributed by atoms with Crippen molar-refractivity contribution in [1.82, 2.24) is 0 Å². The monoisotopic (exact) mass is 288 g/mol. The van der Waals surface area contributed by atoms with Gasteiger partial charge in [-0.15, -0.1) is 0 Å². The lowest BCUT2D eigenvalue weighted by molar-refractivity contribution is -0.120. The minimum atomic E-state index is -0.374. The molecule has 0 fully saturated rings. The molecule has 2 aromatic rings. The molecular formula is C17H17FO3. The highest BCUT2D eigenvalue weighted by molar-refractivity contribution is 5.82. The number of Topliss-reactive ketones (excluding diaryl/α,β-unsaturated/α-hetero) is 1. The number of hydrogen-bond donors (Lipinski definition) is 0. The number of carbonyl (C=O) groups excluding carboxylic acids is 1. The summed E-state index contributed by atoms with van der Waals surface area (Å²) < 4.78 is 24.3. The van der Waals surface area contributed by atoms with Crippen LogP contribution < -0.4 is 9.47 Å². The van der Waals surface area contributed by atoms with Gasteiger partial charge in [0.15, 0.2) is 17.3 Å². The quantitative estimate of drug-likeness (QED) is 0.783. The summed E-state index contributed by atoms with van der Waals surface area (Å²) >= 11 is 0. The van der Waals surface area contributed by atoms with E-state index in [4.69, 9.17) is 9.47 Å². The first-order chi connectivity index (χ1) is 10.2. The van der Waals surface area contributed by atoms with E-state index in [1.807, 2.05) is 13.0 Å². The third kappa shape index (κ3) is 4.31. The number of rotatable bonds is 7. The number of carbonyl (C=O) groups is 1. The zero-order valence-corrected chi connectivity index (χ0v) is 11.8. The van der Waals surface area contributed by atoms with E-state index in [9.17, 15) is 9.18 Å². The molecule has 0 aromatic heterocycles. The van der Waals surface area contributed by atoms with E-state index >= 15 is 0 Å². The zero-order valence-electron chi connectivity index (χ0n) is 11.8. The Morgan fingerprint density at radius 3 is 2.29 bits per heavy atom. The van der Waals surface area contributed by atoms with Crippen molar-refractivity contribution in [3.8, 4) is 11.5 Å². The number of para-hydroxylation sites is 2. The van der Waals surface area contributed by atoms with Crippen LogP contribution in [-0.4, -0.2) is 19.0 Å². The molecule has 0 saturated heterocycles. The van der Waals surface area contributed by atoms with Gasteiger partial charge in [-0.05, 0) is 30.7 Å². The molecule has 0 N–H and O–H groups in total. The maximum absolute atomic E-state index is 13.5. The van der Waals surface area contributed by atoms with Crippen LogP contribution in [0.25, 0.3) is 0 Å². The van der Waals surface area contributed by atoms with Crippen molar-refractivity contribution >= 4 is 5.78 Å².